The molecule has 0 amide bonds. The van der Waals surface area contributed by atoms with E-state index in [9.17, 15) is 13.2 Å². The summed E-state index contributed by atoms with van der Waals surface area (Å²) in [6.07, 6.45) is -0.369. The lowest BCUT2D eigenvalue weighted by atomic mass is 10.2. The molecule has 0 radical (unpaired) electrons. The van der Waals surface area contributed by atoms with Gasteiger partial charge in [-0.2, -0.15) is 8.42 Å². The Bertz CT molecular complexity index is 493. The SMILES string of the molecule is CO[C@H](COS(=O)(=O)c1ccc(C)cc1)OCC=O. The zero-order valence-electron chi connectivity index (χ0n) is 10.7. The molecule has 0 spiro atoms. The maximum absolute atomic E-state index is 11.8. The molecule has 1 rings (SSSR count). The van der Waals surface area contributed by atoms with E-state index >= 15 is 0 Å². The number of ether oxygens (including phenoxy) is 2. The normalized spacial score (nSPS) is 13.2. The van der Waals surface area contributed by atoms with Crippen LogP contribution in [-0.4, -0.2) is 41.3 Å². The lowest BCUT2D eigenvalue weighted by molar-refractivity contribution is -0.147. The molecule has 0 saturated carbocycles. The molecule has 1 atom stereocenters. The smallest absolute Gasteiger partial charge is 0.297 e. The number of aldehydes is 1. The number of hydrogen-bond acceptors (Lipinski definition) is 6. The number of methoxy groups -OCH3 is 1. The number of aryl methyl sites for hydroxylation is 1. The molecule has 106 valence electrons. The van der Waals surface area contributed by atoms with Gasteiger partial charge in [0.05, 0.1) is 4.90 Å². The van der Waals surface area contributed by atoms with E-state index in [1.165, 1.54) is 19.2 Å². The monoisotopic (exact) mass is 288 g/mol. The van der Waals surface area contributed by atoms with E-state index in [0.717, 1.165) is 5.56 Å². The molecule has 1 aromatic carbocycles. The van der Waals surface area contributed by atoms with Gasteiger partial charge in [-0.1, -0.05) is 17.7 Å². The number of rotatable bonds is 8. The van der Waals surface area contributed by atoms with Gasteiger partial charge >= 0.3 is 0 Å². The van der Waals surface area contributed by atoms with Gasteiger partial charge in [0.15, 0.2) is 6.29 Å². The summed E-state index contributed by atoms with van der Waals surface area (Å²) in [5.41, 5.74) is 0.947. The Kier molecular flexibility index (Phi) is 6.10. The van der Waals surface area contributed by atoms with Crippen molar-refractivity contribution in [2.75, 3.05) is 20.3 Å². The van der Waals surface area contributed by atoms with Crippen LogP contribution in [-0.2, 0) is 28.6 Å². The summed E-state index contributed by atoms with van der Waals surface area (Å²) >= 11 is 0. The Morgan fingerprint density at radius 2 is 1.89 bits per heavy atom. The molecule has 19 heavy (non-hydrogen) atoms. The minimum Gasteiger partial charge on any atom is -0.353 e. The Labute approximate surface area is 112 Å². The van der Waals surface area contributed by atoms with Gasteiger partial charge in [-0.15, -0.1) is 0 Å². The fourth-order valence-corrected chi connectivity index (χ4v) is 2.14. The summed E-state index contributed by atoms with van der Waals surface area (Å²) in [7, 11) is -2.52. The van der Waals surface area contributed by atoms with Crippen molar-refractivity contribution in [2.45, 2.75) is 18.1 Å². The van der Waals surface area contributed by atoms with Gasteiger partial charge in [0, 0.05) is 7.11 Å². The molecule has 0 fully saturated rings. The third-order valence-corrected chi connectivity index (χ3v) is 3.58. The number of carbonyl (C=O) groups is 1. The van der Waals surface area contributed by atoms with E-state index in [-0.39, 0.29) is 18.1 Å². The molecule has 0 unspecified atom stereocenters. The highest BCUT2D eigenvalue weighted by Gasteiger charge is 2.18. The van der Waals surface area contributed by atoms with Crippen molar-refractivity contribution < 1.29 is 26.9 Å². The summed E-state index contributed by atoms with van der Waals surface area (Å²) in [5.74, 6) is 0. The summed E-state index contributed by atoms with van der Waals surface area (Å²) in [6, 6.07) is 6.26. The van der Waals surface area contributed by atoms with Crippen molar-refractivity contribution in [1.29, 1.82) is 0 Å². The second-order valence-electron chi connectivity index (χ2n) is 3.72. The first-order valence-corrected chi connectivity index (χ1v) is 6.94. The molecular formula is C12H16O6S. The van der Waals surface area contributed by atoms with Crippen LogP contribution in [0, 0.1) is 6.92 Å². The van der Waals surface area contributed by atoms with Crippen LogP contribution < -0.4 is 0 Å². The van der Waals surface area contributed by atoms with Crippen LogP contribution in [0.3, 0.4) is 0 Å². The average molecular weight is 288 g/mol. The maximum Gasteiger partial charge on any atom is 0.297 e. The quantitative estimate of drug-likeness (QED) is 0.401. The van der Waals surface area contributed by atoms with Crippen molar-refractivity contribution >= 4 is 16.4 Å². The van der Waals surface area contributed by atoms with Crippen LogP contribution in [0.2, 0.25) is 0 Å². The van der Waals surface area contributed by atoms with Gasteiger partial charge in [-0.3, -0.25) is 4.18 Å². The minimum absolute atomic E-state index is 0.0586. The van der Waals surface area contributed by atoms with Crippen LogP contribution in [0.4, 0.5) is 0 Å². The molecule has 7 heteroatoms. The van der Waals surface area contributed by atoms with Crippen molar-refractivity contribution in [3.05, 3.63) is 29.8 Å². The minimum atomic E-state index is -3.86. The summed E-state index contributed by atoms with van der Waals surface area (Å²) < 4.78 is 38.2. The Balaban J connectivity index is 2.64. The van der Waals surface area contributed by atoms with Crippen molar-refractivity contribution in [3.63, 3.8) is 0 Å². The fourth-order valence-electron chi connectivity index (χ4n) is 1.25. The van der Waals surface area contributed by atoms with Crippen LogP contribution in [0.25, 0.3) is 0 Å². The molecule has 0 aliphatic rings. The molecular weight excluding hydrogens is 272 g/mol. The van der Waals surface area contributed by atoms with E-state index in [4.69, 9.17) is 13.7 Å². The molecule has 0 bridgehead atoms. The summed E-state index contributed by atoms with van der Waals surface area (Å²) in [6.45, 7) is 1.35. The summed E-state index contributed by atoms with van der Waals surface area (Å²) in [4.78, 5) is 10.2. The number of carbonyl (C=O) groups excluding carboxylic acids is 1. The van der Waals surface area contributed by atoms with Gasteiger partial charge < -0.3 is 14.3 Å². The molecule has 6 nitrogen and oxygen atoms in total. The van der Waals surface area contributed by atoms with Crippen molar-refractivity contribution in [3.8, 4) is 0 Å². The number of hydrogen-bond donors (Lipinski definition) is 0. The molecule has 0 saturated heterocycles. The molecule has 1 aromatic rings. The predicted molar refractivity (Wildman–Crippen MR) is 67.1 cm³/mol. The molecule has 0 heterocycles. The maximum atomic E-state index is 11.8. The fraction of sp³-hybridized carbons (Fsp3) is 0.417. The van der Waals surface area contributed by atoms with E-state index in [2.05, 4.69) is 0 Å². The first-order valence-electron chi connectivity index (χ1n) is 5.53. The van der Waals surface area contributed by atoms with E-state index < -0.39 is 16.4 Å². The van der Waals surface area contributed by atoms with Crippen molar-refractivity contribution in [2.24, 2.45) is 0 Å². The van der Waals surface area contributed by atoms with Crippen LogP contribution in [0.15, 0.2) is 29.2 Å². The first-order chi connectivity index (χ1) is 8.99. The van der Waals surface area contributed by atoms with Crippen molar-refractivity contribution in [1.82, 2.24) is 0 Å². The summed E-state index contributed by atoms with van der Waals surface area (Å²) in [5, 5.41) is 0. The highest BCUT2D eigenvalue weighted by atomic mass is 32.2. The zero-order chi connectivity index (χ0) is 14.3. The Morgan fingerprint density at radius 3 is 2.42 bits per heavy atom. The second kappa shape index (κ2) is 7.34. The second-order valence-corrected chi connectivity index (χ2v) is 5.33. The molecule has 0 aliphatic carbocycles. The van der Waals surface area contributed by atoms with E-state index in [1.54, 1.807) is 12.1 Å². The molecule has 0 aromatic heterocycles. The van der Waals surface area contributed by atoms with Crippen LogP contribution in [0.5, 0.6) is 0 Å². The van der Waals surface area contributed by atoms with E-state index in [1.807, 2.05) is 6.92 Å². The van der Waals surface area contributed by atoms with Gasteiger partial charge in [-0.05, 0) is 19.1 Å². The van der Waals surface area contributed by atoms with E-state index in [0.29, 0.717) is 6.29 Å². The van der Waals surface area contributed by atoms with Gasteiger partial charge in [0.1, 0.15) is 19.5 Å². The predicted octanol–water partition coefficient (Wildman–Crippen LogP) is 0.888. The molecule has 0 N–H and O–H groups in total. The third kappa shape index (κ3) is 5.07. The van der Waals surface area contributed by atoms with Gasteiger partial charge in [0.25, 0.3) is 10.1 Å². The first kappa shape index (κ1) is 15.8. The highest BCUT2D eigenvalue weighted by molar-refractivity contribution is 7.86. The van der Waals surface area contributed by atoms with Crippen LogP contribution >= 0.6 is 0 Å². The van der Waals surface area contributed by atoms with Gasteiger partial charge in [0.2, 0.25) is 0 Å². The lowest BCUT2D eigenvalue weighted by Gasteiger charge is -2.14. The van der Waals surface area contributed by atoms with Gasteiger partial charge in [-0.25, -0.2) is 0 Å². The van der Waals surface area contributed by atoms with Crippen LogP contribution in [0.1, 0.15) is 5.56 Å². The zero-order valence-corrected chi connectivity index (χ0v) is 11.6. The highest BCUT2D eigenvalue weighted by Crippen LogP contribution is 2.13. The average Bonchev–Trinajstić information content (AvgIpc) is 2.39. The largest absolute Gasteiger partial charge is 0.353 e. The standard InChI is InChI=1S/C12H16O6S/c1-10-3-5-11(6-4-10)19(14,15)18-9-12(16-2)17-8-7-13/h3-7,12H,8-9H2,1-2H3/t12-/m0/s1. The Hall–Kier alpha value is -1.28. The topological polar surface area (TPSA) is 78.9 Å². The lowest BCUT2D eigenvalue weighted by Crippen LogP contribution is -2.25. The Morgan fingerprint density at radius 1 is 1.26 bits per heavy atom. The third-order valence-electron chi connectivity index (χ3n) is 2.28. The number of benzene rings is 1. The molecule has 0 aliphatic heterocycles.